The largest absolute Gasteiger partial charge is 0.353 e. The van der Waals surface area contributed by atoms with E-state index in [0.717, 1.165) is 43.2 Å². The number of amides is 1. The lowest BCUT2D eigenvalue weighted by Gasteiger charge is -2.25. The van der Waals surface area contributed by atoms with Crippen LogP contribution in [-0.2, 0) is 26.7 Å². The van der Waals surface area contributed by atoms with Gasteiger partial charge in [-0.3, -0.25) is 9.52 Å². The first-order valence-electron chi connectivity index (χ1n) is 11.0. The van der Waals surface area contributed by atoms with Gasteiger partial charge in [0.1, 0.15) is 0 Å². The van der Waals surface area contributed by atoms with Gasteiger partial charge in [0, 0.05) is 11.7 Å². The molecule has 0 bridgehead atoms. The van der Waals surface area contributed by atoms with E-state index in [9.17, 15) is 13.2 Å². The Morgan fingerprint density at radius 3 is 2.17 bits per heavy atom. The molecule has 2 N–H and O–H groups in total. The van der Waals surface area contributed by atoms with Gasteiger partial charge in [-0.15, -0.1) is 0 Å². The highest BCUT2D eigenvalue weighted by Crippen LogP contribution is 2.48. The second kappa shape index (κ2) is 8.42. The highest BCUT2D eigenvalue weighted by Gasteiger charge is 2.51. The van der Waals surface area contributed by atoms with Crippen LogP contribution in [-0.4, -0.2) is 20.4 Å². The minimum Gasteiger partial charge on any atom is -0.353 e. The van der Waals surface area contributed by atoms with E-state index in [-0.39, 0.29) is 10.8 Å². The molecule has 30 heavy (non-hydrogen) atoms. The fourth-order valence-corrected chi connectivity index (χ4v) is 5.38. The maximum Gasteiger partial charge on any atom is 0.261 e. The molecule has 5 nitrogen and oxygen atoms in total. The number of aryl methyl sites for hydroxylation is 1. The summed E-state index contributed by atoms with van der Waals surface area (Å²) in [4.78, 5) is 13.2. The van der Waals surface area contributed by atoms with Gasteiger partial charge in [-0.1, -0.05) is 50.5 Å². The van der Waals surface area contributed by atoms with Crippen molar-refractivity contribution in [2.45, 2.75) is 74.6 Å². The first-order valence-corrected chi connectivity index (χ1v) is 12.4. The molecule has 0 radical (unpaired) electrons. The van der Waals surface area contributed by atoms with Crippen LogP contribution in [0.15, 0.2) is 53.4 Å². The molecule has 1 amide bonds. The monoisotopic (exact) mass is 426 g/mol. The van der Waals surface area contributed by atoms with E-state index in [2.05, 4.69) is 10.0 Å². The fraction of sp³-hybridized carbons (Fsp3) is 0.458. The Morgan fingerprint density at radius 1 is 0.967 bits per heavy atom. The zero-order valence-corrected chi connectivity index (χ0v) is 18.3. The molecular formula is C24H30N2O3S. The van der Waals surface area contributed by atoms with Gasteiger partial charge in [-0.25, -0.2) is 8.42 Å². The number of hydrogen-bond acceptors (Lipinski definition) is 3. The van der Waals surface area contributed by atoms with Crippen molar-refractivity contribution in [3.63, 3.8) is 0 Å². The Labute approximate surface area is 179 Å². The third kappa shape index (κ3) is 4.38. The zero-order valence-electron chi connectivity index (χ0n) is 17.5. The van der Waals surface area contributed by atoms with Crippen LogP contribution in [0.25, 0.3) is 0 Å². The molecule has 6 heteroatoms. The molecule has 0 heterocycles. The average Bonchev–Trinajstić information content (AvgIpc) is 3.57. The molecule has 2 aromatic carbocycles. The van der Waals surface area contributed by atoms with Gasteiger partial charge in [0.25, 0.3) is 10.0 Å². The molecule has 2 aliphatic rings. The number of nitrogens with one attached hydrogen (secondary N) is 2. The van der Waals surface area contributed by atoms with Crippen LogP contribution in [0.4, 0.5) is 5.69 Å². The van der Waals surface area contributed by atoms with Crippen LogP contribution < -0.4 is 10.0 Å². The summed E-state index contributed by atoms with van der Waals surface area (Å²) in [5.41, 5.74) is 2.12. The number of anilines is 1. The van der Waals surface area contributed by atoms with Gasteiger partial charge in [0.15, 0.2) is 0 Å². The summed E-state index contributed by atoms with van der Waals surface area (Å²) in [6.45, 7) is 2.03. The predicted molar refractivity (Wildman–Crippen MR) is 119 cm³/mol. The van der Waals surface area contributed by atoms with Crippen LogP contribution in [0.3, 0.4) is 0 Å². The SMILES string of the molecule is CCc1ccc(S(=O)(=O)Nc2ccc(C3(C(=O)NC4CCCCC4)CC3)cc2)cc1. The van der Waals surface area contributed by atoms with Crippen molar-refractivity contribution in [1.82, 2.24) is 5.32 Å². The zero-order chi connectivity index (χ0) is 21.2. The van der Waals surface area contributed by atoms with Crippen molar-refractivity contribution in [3.8, 4) is 0 Å². The van der Waals surface area contributed by atoms with E-state index < -0.39 is 15.4 Å². The molecule has 2 aliphatic carbocycles. The van der Waals surface area contributed by atoms with Gasteiger partial charge in [0.2, 0.25) is 5.91 Å². The number of hydrogen-bond donors (Lipinski definition) is 2. The van der Waals surface area contributed by atoms with Gasteiger partial charge in [-0.05, 0) is 67.5 Å². The average molecular weight is 427 g/mol. The Bertz CT molecular complexity index is 988. The van der Waals surface area contributed by atoms with Crippen molar-refractivity contribution in [2.24, 2.45) is 0 Å². The lowest BCUT2D eigenvalue weighted by Crippen LogP contribution is -2.42. The first kappa shape index (κ1) is 20.9. The van der Waals surface area contributed by atoms with Crippen molar-refractivity contribution >= 4 is 21.6 Å². The Balaban J connectivity index is 1.43. The summed E-state index contributed by atoms with van der Waals surface area (Å²) < 4.78 is 27.9. The minimum atomic E-state index is -3.64. The van der Waals surface area contributed by atoms with Crippen molar-refractivity contribution in [3.05, 3.63) is 59.7 Å². The number of sulfonamides is 1. The number of rotatable bonds is 7. The second-order valence-electron chi connectivity index (χ2n) is 8.57. The summed E-state index contributed by atoms with van der Waals surface area (Å²) in [5.74, 6) is 0.124. The van der Waals surface area contributed by atoms with Gasteiger partial charge in [0.05, 0.1) is 10.3 Å². The normalized spacial score (nSPS) is 18.6. The standard InChI is InChI=1S/C24H30N2O3S/c1-2-18-8-14-22(15-9-18)30(28,29)26-21-12-10-19(11-13-21)24(16-17-24)23(27)25-20-6-4-3-5-7-20/h8-15,20,26H,2-7,16-17H2,1H3,(H,25,27). The fourth-order valence-electron chi connectivity index (χ4n) is 4.32. The van der Waals surface area contributed by atoms with Crippen molar-refractivity contribution in [1.29, 1.82) is 0 Å². The molecule has 2 fully saturated rings. The summed E-state index contributed by atoms with van der Waals surface area (Å²) in [7, 11) is -3.64. The second-order valence-corrected chi connectivity index (χ2v) is 10.3. The van der Waals surface area contributed by atoms with E-state index >= 15 is 0 Å². The third-order valence-corrected chi connectivity index (χ3v) is 7.85. The van der Waals surface area contributed by atoms with Crippen LogP contribution in [0.5, 0.6) is 0 Å². The van der Waals surface area contributed by atoms with E-state index in [1.165, 1.54) is 19.3 Å². The molecular weight excluding hydrogens is 396 g/mol. The maximum atomic E-state index is 12.9. The van der Waals surface area contributed by atoms with Crippen molar-refractivity contribution < 1.29 is 13.2 Å². The molecule has 2 saturated carbocycles. The van der Waals surface area contributed by atoms with E-state index in [0.29, 0.717) is 11.7 Å². The van der Waals surface area contributed by atoms with Crippen LogP contribution in [0, 0.1) is 0 Å². The van der Waals surface area contributed by atoms with Crippen LogP contribution in [0.1, 0.15) is 63.0 Å². The molecule has 160 valence electrons. The van der Waals surface area contributed by atoms with E-state index in [4.69, 9.17) is 0 Å². The quantitative estimate of drug-likeness (QED) is 0.683. The molecule has 0 aromatic heterocycles. The van der Waals surface area contributed by atoms with Gasteiger partial charge in [-0.2, -0.15) is 0 Å². The predicted octanol–water partition coefficient (Wildman–Crippen LogP) is 4.53. The number of benzene rings is 2. The Hall–Kier alpha value is -2.34. The molecule has 0 saturated heterocycles. The number of carbonyl (C=O) groups excluding carboxylic acids is 1. The third-order valence-electron chi connectivity index (χ3n) is 6.46. The highest BCUT2D eigenvalue weighted by molar-refractivity contribution is 7.92. The Kier molecular flexibility index (Phi) is 5.87. The summed E-state index contributed by atoms with van der Waals surface area (Å²) in [6.07, 6.45) is 8.34. The molecule has 2 aromatic rings. The smallest absolute Gasteiger partial charge is 0.261 e. The molecule has 0 atom stereocenters. The molecule has 0 spiro atoms. The summed E-state index contributed by atoms with van der Waals surface area (Å²) in [5, 5.41) is 3.25. The van der Waals surface area contributed by atoms with Crippen LogP contribution in [0.2, 0.25) is 0 Å². The topological polar surface area (TPSA) is 75.3 Å². The lowest BCUT2D eigenvalue weighted by molar-refractivity contribution is -0.124. The van der Waals surface area contributed by atoms with Crippen molar-refractivity contribution in [2.75, 3.05) is 4.72 Å². The van der Waals surface area contributed by atoms with Gasteiger partial charge < -0.3 is 5.32 Å². The van der Waals surface area contributed by atoms with E-state index in [1.807, 2.05) is 31.2 Å². The lowest BCUT2D eigenvalue weighted by atomic mass is 9.91. The first-order chi connectivity index (χ1) is 14.4. The molecule has 0 unspecified atom stereocenters. The summed E-state index contributed by atoms with van der Waals surface area (Å²) in [6, 6.07) is 14.5. The molecule has 4 rings (SSSR count). The van der Waals surface area contributed by atoms with E-state index in [1.54, 1.807) is 24.3 Å². The minimum absolute atomic E-state index is 0.124. The number of carbonyl (C=O) groups is 1. The molecule has 0 aliphatic heterocycles. The maximum absolute atomic E-state index is 12.9. The Morgan fingerprint density at radius 2 is 1.60 bits per heavy atom. The van der Waals surface area contributed by atoms with Gasteiger partial charge >= 0.3 is 0 Å². The summed E-state index contributed by atoms with van der Waals surface area (Å²) >= 11 is 0. The van der Waals surface area contributed by atoms with Crippen LogP contribution >= 0.6 is 0 Å². The highest BCUT2D eigenvalue weighted by atomic mass is 32.2.